The van der Waals surface area contributed by atoms with Crippen molar-refractivity contribution in [2.45, 2.75) is 20.3 Å². The van der Waals surface area contributed by atoms with Crippen LogP contribution in [-0.2, 0) is 4.79 Å². The van der Waals surface area contributed by atoms with Gasteiger partial charge in [0, 0.05) is 12.1 Å². The van der Waals surface area contributed by atoms with E-state index >= 15 is 0 Å². The molecule has 0 aliphatic rings. The molecular weight excluding hydrogens is 262 g/mol. The highest BCUT2D eigenvalue weighted by Crippen LogP contribution is 2.28. The maximum absolute atomic E-state index is 11.0. The third-order valence-corrected chi connectivity index (χ3v) is 2.55. The molecule has 0 amide bonds. The Morgan fingerprint density at radius 1 is 1.50 bits per heavy atom. The standard InChI is InChI=1S/C14H17NO5/c1-10(2)7-8-20-13-5-3-11(4-6-14(16)17)9-12(13)15(18)19/h3-6,9-10H,7-8H2,1-2H3,(H,16,17)/b6-4-. The maximum atomic E-state index is 11.0. The molecule has 1 aromatic rings. The number of carboxylic acid groups (broad SMARTS) is 1. The largest absolute Gasteiger partial charge is 0.487 e. The summed E-state index contributed by atoms with van der Waals surface area (Å²) < 4.78 is 5.41. The predicted molar refractivity (Wildman–Crippen MR) is 74.7 cm³/mol. The van der Waals surface area contributed by atoms with Gasteiger partial charge in [-0.25, -0.2) is 4.79 Å². The van der Waals surface area contributed by atoms with Crippen LogP contribution in [-0.4, -0.2) is 22.6 Å². The average Bonchev–Trinajstić information content (AvgIpc) is 2.36. The van der Waals surface area contributed by atoms with Crippen LogP contribution < -0.4 is 4.74 Å². The molecule has 1 aromatic carbocycles. The molecule has 0 heterocycles. The number of rotatable bonds is 7. The first-order valence-corrected chi connectivity index (χ1v) is 6.22. The van der Waals surface area contributed by atoms with Crippen LogP contribution in [0.5, 0.6) is 5.75 Å². The fourth-order valence-corrected chi connectivity index (χ4v) is 1.47. The van der Waals surface area contributed by atoms with Gasteiger partial charge in [-0.2, -0.15) is 0 Å². The summed E-state index contributed by atoms with van der Waals surface area (Å²) in [6.07, 6.45) is 3.03. The summed E-state index contributed by atoms with van der Waals surface area (Å²) in [5, 5.41) is 19.5. The van der Waals surface area contributed by atoms with Crippen LogP contribution in [0.3, 0.4) is 0 Å². The Labute approximate surface area is 116 Å². The minimum absolute atomic E-state index is 0.165. The first-order chi connectivity index (χ1) is 9.40. The van der Waals surface area contributed by atoms with Crippen molar-refractivity contribution in [1.82, 2.24) is 0 Å². The summed E-state index contributed by atoms with van der Waals surface area (Å²) >= 11 is 0. The highest BCUT2D eigenvalue weighted by atomic mass is 16.6. The van der Waals surface area contributed by atoms with Crippen LogP contribution in [0.2, 0.25) is 0 Å². The number of ether oxygens (including phenoxy) is 1. The predicted octanol–water partition coefficient (Wildman–Crippen LogP) is 3.12. The number of nitro groups is 1. The summed E-state index contributed by atoms with van der Waals surface area (Å²) in [6, 6.07) is 4.36. The van der Waals surface area contributed by atoms with Crippen LogP contribution in [0.25, 0.3) is 6.08 Å². The molecule has 0 aromatic heterocycles. The van der Waals surface area contributed by atoms with Gasteiger partial charge in [0.15, 0.2) is 5.75 Å². The second kappa shape index (κ2) is 7.28. The number of carboxylic acids is 1. The minimum atomic E-state index is -1.11. The zero-order chi connectivity index (χ0) is 15.1. The van der Waals surface area contributed by atoms with Crippen LogP contribution in [0.1, 0.15) is 25.8 Å². The average molecular weight is 279 g/mol. The van der Waals surface area contributed by atoms with Gasteiger partial charge in [0.25, 0.3) is 0 Å². The van der Waals surface area contributed by atoms with Gasteiger partial charge in [-0.05, 0) is 30.0 Å². The smallest absolute Gasteiger partial charge is 0.328 e. The van der Waals surface area contributed by atoms with Crippen molar-refractivity contribution in [2.75, 3.05) is 6.61 Å². The van der Waals surface area contributed by atoms with Crippen molar-refractivity contribution in [1.29, 1.82) is 0 Å². The van der Waals surface area contributed by atoms with E-state index in [-0.39, 0.29) is 11.4 Å². The van der Waals surface area contributed by atoms with Crippen molar-refractivity contribution in [2.24, 2.45) is 5.92 Å². The highest BCUT2D eigenvalue weighted by molar-refractivity contribution is 5.85. The third-order valence-electron chi connectivity index (χ3n) is 2.55. The zero-order valence-electron chi connectivity index (χ0n) is 11.4. The molecule has 0 spiro atoms. The minimum Gasteiger partial charge on any atom is -0.487 e. The fourth-order valence-electron chi connectivity index (χ4n) is 1.47. The summed E-state index contributed by atoms with van der Waals surface area (Å²) in [5.74, 6) is -0.458. The lowest BCUT2D eigenvalue weighted by Gasteiger charge is -2.08. The lowest BCUT2D eigenvalue weighted by Crippen LogP contribution is -2.03. The Balaban J connectivity index is 2.90. The second-order valence-corrected chi connectivity index (χ2v) is 4.69. The second-order valence-electron chi connectivity index (χ2n) is 4.69. The van der Waals surface area contributed by atoms with E-state index in [2.05, 4.69) is 0 Å². The Kier molecular flexibility index (Phi) is 5.71. The van der Waals surface area contributed by atoms with Gasteiger partial charge in [-0.1, -0.05) is 19.9 Å². The topological polar surface area (TPSA) is 89.7 Å². The highest BCUT2D eigenvalue weighted by Gasteiger charge is 2.15. The van der Waals surface area contributed by atoms with Crippen LogP contribution in [0.4, 0.5) is 5.69 Å². The Bertz CT molecular complexity index is 522. The van der Waals surface area contributed by atoms with Crippen molar-refractivity contribution in [3.8, 4) is 5.75 Å². The van der Waals surface area contributed by atoms with E-state index in [4.69, 9.17) is 9.84 Å². The molecule has 0 bridgehead atoms. The molecule has 0 aliphatic carbocycles. The summed E-state index contributed by atoms with van der Waals surface area (Å²) in [7, 11) is 0. The molecule has 1 N–H and O–H groups in total. The van der Waals surface area contributed by atoms with Gasteiger partial charge in [-0.3, -0.25) is 10.1 Å². The molecular formula is C14H17NO5. The number of benzene rings is 1. The molecule has 20 heavy (non-hydrogen) atoms. The van der Waals surface area contributed by atoms with Crippen molar-refractivity contribution < 1.29 is 19.6 Å². The Morgan fingerprint density at radius 2 is 2.20 bits per heavy atom. The third kappa shape index (κ3) is 5.09. The van der Waals surface area contributed by atoms with E-state index in [9.17, 15) is 14.9 Å². The molecule has 0 unspecified atom stereocenters. The first kappa shape index (κ1) is 15.7. The normalized spacial score (nSPS) is 10.9. The van der Waals surface area contributed by atoms with E-state index in [0.29, 0.717) is 18.1 Å². The fraction of sp³-hybridized carbons (Fsp3) is 0.357. The lowest BCUT2D eigenvalue weighted by molar-refractivity contribution is -0.385. The van der Waals surface area contributed by atoms with Crippen molar-refractivity contribution in [3.05, 3.63) is 40.0 Å². The monoisotopic (exact) mass is 279 g/mol. The van der Waals surface area contributed by atoms with Crippen molar-refractivity contribution >= 4 is 17.7 Å². The van der Waals surface area contributed by atoms with Gasteiger partial charge in [0.05, 0.1) is 11.5 Å². The Morgan fingerprint density at radius 3 is 2.75 bits per heavy atom. The number of aliphatic carboxylic acids is 1. The maximum Gasteiger partial charge on any atom is 0.328 e. The molecule has 0 atom stereocenters. The molecule has 6 nitrogen and oxygen atoms in total. The van der Waals surface area contributed by atoms with E-state index in [0.717, 1.165) is 12.5 Å². The first-order valence-electron chi connectivity index (χ1n) is 6.22. The summed E-state index contributed by atoms with van der Waals surface area (Å²) in [6.45, 7) is 4.48. The van der Waals surface area contributed by atoms with E-state index < -0.39 is 10.9 Å². The number of carbonyl (C=O) groups is 1. The van der Waals surface area contributed by atoms with Crippen LogP contribution in [0, 0.1) is 16.0 Å². The van der Waals surface area contributed by atoms with Gasteiger partial charge in [-0.15, -0.1) is 0 Å². The SMILES string of the molecule is CC(C)CCOc1ccc(/C=C\C(=O)O)cc1[N+](=O)[O-]. The molecule has 0 aliphatic heterocycles. The number of nitrogens with zero attached hydrogens (tertiary/aromatic N) is 1. The molecule has 0 radical (unpaired) electrons. The van der Waals surface area contributed by atoms with Gasteiger partial charge >= 0.3 is 11.7 Å². The van der Waals surface area contributed by atoms with Gasteiger partial charge in [0.2, 0.25) is 0 Å². The van der Waals surface area contributed by atoms with E-state index in [1.807, 2.05) is 13.8 Å². The van der Waals surface area contributed by atoms with Gasteiger partial charge in [0.1, 0.15) is 0 Å². The molecule has 0 saturated heterocycles. The molecule has 1 rings (SSSR count). The quantitative estimate of drug-likeness (QED) is 0.470. The molecule has 0 fully saturated rings. The van der Waals surface area contributed by atoms with Crippen molar-refractivity contribution in [3.63, 3.8) is 0 Å². The molecule has 108 valence electrons. The number of hydrogen-bond acceptors (Lipinski definition) is 4. The Hall–Kier alpha value is -2.37. The summed E-state index contributed by atoms with van der Waals surface area (Å²) in [5.41, 5.74) is 0.275. The number of hydrogen-bond donors (Lipinski definition) is 1. The molecule has 6 heteroatoms. The zero-order valence-corrected chi connectivity index (χ0v) is 11.4. The van der Waals surface area contributed by atoms with E-state index in [1.165, 1.54) is 18.2 Å². The summed E-state index contributed by atoms with van der Waals surface area (Å²) in [4.78, 5) is 20.9. The van der Waals surface area contributed by atoms with Crippen LogP contribution >= 0.6 is 0 Å². The number of nitro benzene ring substituents is 1. The van der Waals surface area contributed by atoms with Crippen LogP contribution in [0.15, 0.2) is 24.3 Å². The lowest BCUT2D eigenvalue weighted by atomic mass is 10.1. The van der Waals surface area contributed by atoms with E-state index in [1.54, 1.807) is 6.07 Å². The van der Waals surface area contributed by atoms with Gasteiger partial charge < -0.3 is 9.84 Å². The molecule has 0 saturated carbocycles.